The Balaban J connectivity index is 1.82. The van der Waals surface area contributed by atoms with Crippen LogP contribution in [0.4, 0.5) is 10.1 Å². The van der Waals surface area contributed by atoms with Gasteiger partial charge in [0.15, 0.2) is 0 Å². The Morgan fingerprint density at radius 2 is 1.85 bits per heavy atom. The fraction of sp³-hybridized carbons (Fsp3) is 0.263. The minimum absolute atomic E-state index is 0.0276. The molecule has 8 heteroatoms. The van der Waals surface area contributed by atoms with Crippen LogP contribution in [0.1, 0.15) is 20.7 Å². The van der Waals surface area contributed by atoms with Gasteiger partial charge in [-0.05, 0) is 25.2 Å². The number of piperazine rings is 1. The number of amides is 2. The lowest BCUT2D eigenvalue weighted by atomic mass is 10.0. The van der Waals surface area contributed by atoms with E-state index in [4.69, 9.17) is 11.5 Å². The van der Waals surface area contributed by atoms with E-state index in [9.17, 15) is 14.0 Å². The molecular formula is C19H20FN5O2. The van der Waals surface area contributed by atoms with Gasteiger partial charge < -0.3 is 26.3 Å². The molecule has 140 valence electrons. The molecular weight excluding hydrogens is 349 g/mol. The van der Waals surface area contributed by atoms with Crippen molar-refractivity contribution in [1.82, 2.24) is 14.8 Å². The molecule has 1 aromatic heterocycles. The van der Waals surface area contributed by atoms with E-state index < -0.39 is 11.7 Å². The number of fused-ring (bicyclic) bond motifs is 3. The number of carbonyl (C=O) groups excluding carboxylic acids is 2. The smallest absolute Gasteiger partial charge is 0.254 e. The lowest BCUT2D eigenvalue weighted by Gasteiger charge is -2.32. The number of aromatic amines is 1. The van der Waals surface area contributed by atoms with Crippen LogP contribution in [0.3, 0.4) is 0 Å². The van der Waals surface area contributed by atoms with Gasteiger partial charge in [0.05, 0.1) is 16.8 Å². The van der Waals surface area contributed by atoms with Gasteiger partial charge in [-0.25, -0.2) is 4.39 Å². The van der Waals surface area contributed by atoms with E-state index in [0.717, 1.165) is 19.2 Å². The first-order chi connectivity index (χ1) is 12.9. The number of carbonyl (C=O) groups is 2. The van der Waals surface area contributed by atoms with Crippen molar-refractivity contribution in [3.8, 4) is 0 Å². The zero-order valence-electron chi connectivity index (χ0n) is 14.9. The van der Waals surface area contributed by atoms with Gasteiger partial charge in [0.1, 0.15) is 5.82 Å². The van der Waals surface area contributed by atoms with Gasteiger partial charge in [0.25, 0.3) is 11.8 Å². The normalized spacial score (nSPS) is 15.6. The third kappa shape index (κ3) is 2.78. The number of H-pyrrole nitrogens is 1. The van der Waals surface area contributed by atoms with Crippen molar-refractivity contribution < 1.29 is 14.0 Å². The second-order valence-corrected chi connectivity index (χ2v) is 6.91. The van der Waals surface area contributed by atoms with E-state index in [-0.39, 0.29) is 17.2 Å². The number of likely N-dealkylation sites (N-methyl/N-ethyl adjacent to an activating group) is 1. The average molecular weight is 369 g/mol. The summed E-state index contributed by atoms with van der Waals surface area (Å²) in [6.45, 7) is 3.00. The van der Waals surface area contributed by atoms with E-state index >= 15 is 0 Å². The highest BCUT2D eigenvalue weighted by atomic mass is 19.1. The van der Waals surface area contributed by atoms with Crippen molar-refractivity contribution >= 4 is 39.3 Å². The van der Waals surface area contributed by atoms with Crippen molar-refractivity contribution in [3.05, 3.63) is 41.2 Å². The van der Waals surface area contributed by atoms with Crippen LogP contribution in [0.15, 0.2) is 24.3 Å². The number of halogens is 1. The molecule has 0 atom stereocenters. The van der Waals surface area contributed by atoms with E-state index in [1.54, 1.807) is 18.2 Å². The Morgan fingerprint density at radius 1 is 1.15 bits per heavy atom. The number of nitrogens with zero attached hydrogens (tertiary/aromatic N) is 2. The Bertz CT molecular complexity index is 1080. The van der Waals surface area contributed by atoms with Crippen LogP contribution in [0.5, 0.6) is 0 Å². The predicted molar refractivity (Wildman–Crippen MR) is 102 cm³/mol. The van der Waals surface area contributed by atoms with Gasteiger partial charge in [-0.2, -0.15) is 0 Å². The number of primary amides is 1. The van der Waals surface area contributed by atoms with Crippen molar-refractivity contribution in [1.29, 1.82) is 0 Å². The summed E-state index contributed by atoms with van der Waals surface area (Å²) in [7, 11) is 2.03. The van der Waals surface area contributed by atoms with Gasteiger partial charge in [0.2, 0.25) is 0 Å². The van der Waals surface area contributed by atoms with Crippen LogP contribution in [-0.2, 0) is 0 Å². The Morgan fingerprint density at radius 3 is 2.52 bits per heavy atom. The first kappa shape index (κ1) is 17.3. The lowest BCUT2D eigenvalue weighted by Crippen LogP contribution is -2.47. The summed E-state index contributed by atoms with van der Waals surface area (Å²) in [5, 5.41) is 1.04. The average Bonchev–Trinajstić information content (AvgIpc) is 3.03. The third-order valence-electron chi connectivity index (χ3n) is 5.17. The molecule has 27 heavy (non-hydrogen) atoms. The third-order valence-corrected chi connectivity index (χ3v) is 5.17. The summed E-state index contributed by atoms with van der Waals surface area (Å²) in [5.41, 5.74) is 12.7. The maximum Gasteiger partial charge on any atom is 0.254 e. The molecule has 0 bridgehead atoms. The summed E-state index contributed by atoms with van der Waals surface area (Å²) in [6.07, 6.45) is 0. The summed E-state index contributed by atoms with van der Waals surface area (Å²) in [5.74, 6) is -1.51. The summed E-state index contributed by atoms with van der Waals surface area (Å²) in [4.78, 5) is 31.6. The van der Waals surface area contributed by atoms with E-state index in [2.05, 4.69) is 9.88 Å². The Labute approximate surface area is 154 Å². The second-order valence-electron chi connectivity index (χ2n) is 6.91. The van der Waals surface area contributed by atoms with Crippen LogP contribution in [-0.4, -0.2) is 59.8 Å². The Kier molecular flexibility index (Phi) is 4.00. The SMILES string of the molecule is CN1CCN(C(=O)c2ccc3c(c2)[nH]c2c(C(N)=O)cc(F)c(N)c23)CC1. The summed E-state index contributed by atoms with van der Waals surface area (Å²) < 4.78 is 14.1. The molecule has 2 aromatic carbocycles. The van der Waals surface area contributed by atoms with Gasteiger partial charge in [0, 0.05) is 48.0 Å². The number of hydrogen-bond acceptors (Lipinski definition) is 4. The zero-order valence-corrected chi connectivity index (χ0v) is 14.9. The molecule has 1 saturated heterocycles. The fourth-order valence-corrected chi connectivity index (χ4v) is 3.59. The van der Waals surface area contributed by atoms with E-state index in [1.807, 2.05) is 11.9 Å². The number of nitrogens with one attached hydrogen (secondary N) is 1. The highest BCUT2D eigenvalue weighted by Crippen LogP contribution is 2.34. The highest BCUT2D eigenvalue weighted by molar-refractivity contribution is 6.19. The molecule has 7 nitrogen and oxygen atoms in total. The quantitative estimate of drug-likeness (QED) is 0.595. The standard InChI is InChI=1S/C19H20FN5O2/c1-24-4-6-25(7-5-24)19(27)10-2-3-11-14(8-10)23-17-12(18(22)26)9-13(20)16(21)15(11)17/h2-3,8-9,23H,4-7,21H2,1H3,(H2,22,26). The minimum Gasteiger partial charge on any atom is -0.396 e. The van der Waals surface area contributed by atoms with E-state index in [0.29, 0.717) is 40.5 Å². The molecule has 0 radical (unpaired) electrons. The van der Waals surface area contributed by atoms with Crippen LogP contribution < -0.4 is 11.5 Å². The first-order valence-electron chi connectivity index (χ1n) is 8.68. The molecule has 0 spiro atoms. The lowest BCUT2D eigenvalue weighted by molar-refractivity contribution is 0.0664. The molecule has 1 aliphatic rings. The fourth-order valence-electron chi connectivity index (χ4n) is 3.59. The number of nitrogens with two attached hydrogens (primary N) is 2. The van der Waals surface area contributed by atoms with Gasteiger partial charge in [-0.1, -0.05) is 6.07 Å². The van der Waals surface area contributed by atoms with Crippen LogP contribution >= 0.6 is 0 Å². The van der Waals surface area contributed by atoms with Gasteiger partial charge in [-0.15, -0.1) is 0 Å². The molecule has 2 amide bonds. The molecule has 0 unspecified atom stereocenters. The molecule has 5 N–H and O–H groups in total. The minimum atomic E-state index is -0.751. The van der Waals surface area contributed by atoms with Crippen molar-refractivity contribution in [2.75, 3.05) is 39.0 Å². The number of anilines is 1. The van der Waals surface area contributed by atoms with Crippen LogP contribution in [0, 0.1) is 5.82 Å². The van der Waals surface area contributed by atoms with Crippen molar-refractivity contribution in [2.24, 2.45) is 5.73 Å². The van der Waals surface area contributed by atoms with Crippen molar-refractivity contribution in [2.45, 2.75) is 0 Å². The van der Waals surface area contributed by atoms with E-state index in [1.165, 1.54) is 0 Å². The Hall–Kier alpha value is -3.13. The second kappa shape index (κ2) is 6.24. The van der Waals surface area contributed by atoms with Gasteiger partial charge >= 0.3 is 0 Å². The zero-order chi connectivity index (χ0) is 19.3. The molecule has 2 heterocycles. The van der Waals surface area contributed by atoms with Crippen molar-refractivity contribution in [3.63, 3.8) is 0 Å². The molecule has 0 saturated carbocycles. The van der Waals surface area contributed by atoms with Crippen LogP contribution in [0.25, 0.3) is 21.8 Å². The number of rotatable bonds is 2. The molecule has 4 rings (SSSR count). The summed E-state index contributed by atoms with van der Waals surface area (Å²) >= 11 is 0. The molecule has 1 aliphatic heterocycles. The maximum atomic E-state index is 14.1. The topological polar surface area (TPSA) is 108 Å². The summed E-state index contributed by atoms with van der Waals surface area (Å²) in [6, 6.07) is 6.16. The first-order valence-corrected chi connectivity index (χ1v) is 8.68. The van der Waals surface area contributed by atoms with Gasteiger partial charge in [-0.3, -0.25) is 9.59 Å². The predicted octanol–water partition coefficient (Wildman–Crippen LogP) is 1.53. The largest absolute Gasteiger partial charge is 0.396 e. The number of benzene rings is 2. The number of hydrogen-bond donors (Lipinski definition) is 3. The number of aromatic nitrogens is 1. The molecule has 1 fully saturated rings. The monoisotopic (exact) mass is 369 g/mol. The maximum absolute atomic E-state index is 14.1. The molecule has 0 aliphatic carbocycles. The highest BCUT2D eigenvalue weighted by Gasteiger charge is 2.22. The number of nitrogen functional groups attached to an aromatic ring is 1. The molecule has 3 aromatic rings. The van der Waals surface area contributed by atoms with Crippen LogP contribution in [0.2, 0.25) is 0 Å².